The maximum absolute atomic E-state index is 12.6. The Morgan fingerprint density at radius 3 is 2.85 bits per heavy atom. The highest BCUT2D eigenvalue weighted by molar-refractivity contribution is 7.71. The van der Waals surface area contributed by atoms with Crippen molar-refractivity contribution in [2.24, 2.45) is 5.92 Å². The van der Waals surface area contributed by atoms with E-state index in [0.717, 1.165) is 12.8 Å². The standard InChI is InChI=1S/C18H23ClN4O3S/c1-10(2)9-26-16-13(19)6-11(7-14(16)25-3)17(24)20-8-15-21-22-18(27)23(15)12-4-5-12/h6-7,10,12H,4-5,8-9H2,1-3H3,(H,20,24)(H,22,27). The summed E-state index contributed by atoms with van der Waals surface area (Å²) in [5.41, 5.74) is 0.390. The third-order valence-electron chi connectivity index (χ3n) is 4.15. The number of halogens is 1. The van der Waals surface area contributed by atoms with Gasteiger partial charge in [0.2, 0.25) is 0 Å². The minimum absolute atomic E-state index is 0.272. The van der Waals surface area contributed by atoms with Crippen LogP contribution in [0.4, 0.5) is 0 Å². The summed E-state index contributed by atoms with van der Waals surface area (Å²) >= 11 is 11.6. The average molecular weight is 411 g/mol. The van der Waals surface area contributed by atoms with E-state index in [1.54, 1.807) is 12.1 Å². The number of hydrogen-bond donors (Lipinski definition) is 2. The minimum Gasteiger partial charge on any atom is -0.493 e. The Labute approximate surface area is 168 Å². The van der Waals surface area contributed by atoms with Crippen LogP contribution in [0.3, 0.4) is 0 Å². The first-order chi connectivity index (χ1) is 12.9. The molecule has 27 heavy (non-hydrogen) atoms. The molecule has 9 heteroatoms. The number of ether oxygens (including phenoxy) is 2. The lowest BCUT2D eigenvalue weighted by Gasteiger charge is -2.15. The molecule has 0 saturated heterocycles. The molecular weight excluding hydrogens is 388 g/mol. The predicted molar refractivity (Wildman–Crippen MR) is 105 cm³/mol. The number of aromatic amines is 1. The number of nitrogens with zero attached hydrogens (tertiary/aromatic N) is 2. The van der Waals surface area contributed by atoms with Crippen LogP contribution in [0.15, 0.2) is 12.1 Å². The second-order valence-electron chi connectivity index (χ2n) is 6.92. The molecule has 0 aliphatic heterocycles. The normalized spacial score (nSPS) is 13.7. The summed E-state index contributed by atoms with van der Waals surface area (Å²) in [6, 6.07) is 3.58. The Kier molecular flexibility index (Phi) is 6.06. The molecule has 7 nitrogen and oxygen atoms in total. The van der Waals surface area contributed by atoms with Crippen LogP contribution in [-0.4, -0.2) is 34.4 Å². The molecule has 1 saturated carbocycles. The largest absolute Gasteiger partial charge is 0.493 e. The number of carbonyl (C=O) groups excluding carboxylic acids is 1. The number of methoxy groups -OCH3 is 1. The van der Waals surface area contributed by atoms with Crippen LogP contribution in [0.2, 0.25) is 5.02 Å². The molecule has 1 amide bonds. The number of amides is 1. The van der Waals surface area contributed by atoms with Crippen LogP contribution in [0.25, 0.3) is 0 Å². The van der Waals surface area contributed by atoms with Gasteiger partial charge in [-0.05, 0) is 43.1 Å². The van der Waals surface area contributed by atoms with Crippen molar-refractivity contribution in [1.82, 2.24) is 20.1 Å². The zero-order chi connectivity index (χ0) is 19.6. The number of benzene rings is 1. The molecule has 0 spiro atoms. The van der Waals surface area contributed by atoms with E-state index in [0.29, 0.717) is 51.2 Å². The van der Waals surface area contributed by atoms with E-state index in [2.05, 4.69) is 15.5 Å². The maximum atomic E-state index is 12.6. The van der Waals surface area contributed by atoms with Crippen molar-refractivity contribution >= 4 is 29.7 Å². The first kappa shape index (κ1) is 19.7. The Hall–Kier alpha value is -2.06. The number of H-pyrrole nitrogens is 1. The van der Waals surface area contributed by atoms with Crippen LogP contribution in [0, 0.1) is 10.7 Å². The highest BCUT2D eigenvalue weighted by Crippen LogP contribution is 2.37. The predicted octanol–water partition coefficient (Wildman–Crippen LogP) is 3.90. The number of rotatable bonds is 8. The summed E-state index contributed by atoms with van der Waals surface area (Å²) in [5, 5.41) is 10.2. The third-order valence-corrected chi connectivity index (χ3v) is 4.72. The first-order valence-corrected chi connectivity index (χ1v) is 9.63. The molecule has 1 aliphatic carbocycles. The molecule has 146 valence electrons. The van der Waals surface area contributed by atoms with Gasteiger partial charge in [0, 0.05) is 11.6 Å². The summed E-state index contributed by atoms with van der Waals surface area (Å²) in [6.07, 6.45) is 2.17. The van der Waals surface area contributed by atoms with Gasteiger partial charge in [-0.1, -0.05) is 25.4 Å². The van der Waals surface area contributed by atoms with Gasteiger partial charge in [-0.25, -0.2) is 0 Å². The van der Waals surface area contributed by atoms with Gasteiger partial charge in [-0.15, -0.1) is 0 Å². The lowest BCUT2D eigenvalue weighted by Crippen LogP contribution is -2.25. The van der Waals surface area contributed by atoms with Gasteiger partial charge in [0.1, 0.15) is 0 Å². The molecule has 1 aromatic carbocycles. The Morgan fingerprint density at radius 1 is 1.48 bits per heavy atom. The van der Waals surface area contributed by atoms with E-state index in [1.807, 2.05) is 18.4 Å². The number of nitrogens with one attached hydrogen (secondary N) is 2. The van der Waals surface area contributed by atoms with E-state index >= 15 is 0 Å². The maximum Gasteiger partial charge on any atom is 0.251 e. The molecule has 1 aliphatic rings. The van der Waals surface area contributed by atoms with Crippen LogP contribution >= 0.6 is 23.8 Å². The van der Waals surface area contributed by atoms with Crippen molar-refractivity contribution in [1.29, 1.82) is 0 Å². The summed E-state index contributed by atoms with van der Waals surface area (Å²) in [4.78, 5) is 12.6. The second kappa shape index (κ2) is 8.31. The molecular formula is C18H23ClN4O3S. The fourth-order valence-corrected chi connectivity index (χ4v) is 3.24. The van der Waals surface area contributed by atoms with Crippen LogP contribution < -0.4 is 14.8 Å². The average Bonchev–Trinajstić information content (AvgIpc) is 3.40. The van der Waals surface area contributed by atoms with E-state index in [-0.39, 0.29) is 12.5 Å². The summed E-state index contributed by atoms with van der Waals surface area (Å²) in [6.45, 7) is 4.86. The van der Waals surface area contributed by atoms with Gasteiger partial charge >= 0.3 is 0 Å². The summed E-state index contributed by atoms with van der Waals surface area (Å²) in [5.74, 6) is 1.65. The van der Waals surface area contributed by atoms with Gasteiger partial charge < -0.3 is 14.8 Å². The van der Waals surface area contributed by atoms with Gasteiger partial charge in [0.25, 0.3) is 5.91 Å². The lowest BCUT2D eigenvalue weighted by atomic mass is 10.1. The highest BCUT2D eigenvalue weighted by Gasteiger charge is 2.27. The van der Waals surface area contributed by atoms with E-state index < -0.39 is 0 Å². The molecule has 1 aromatic heterocycles. The zero-order valence-electron chi connectivity index (χ0n) is 15.5. The summed E-state index contributed by atoms with van der Waals surface area (Å²) in [7, 11) is 1.52. The Morgan fingerprint density at radius 2 is 2.22 bits per heavy atom. The highest BCUT2D eigenvalue weighted by atomic mass is 35.5. The quantitative estimate of drug-likeness (QED) is 0.645. The SMILES string of the molecule is COc1cc(C(=O)NCc2n[nH]c(=S)n2C2CC2)cc(Cl)c1OCC(C)C. The second-order valence-corrected chi connectivity index (χ2v) is 7.72. The number of aromatic nitrogens is 3. The molecule has 0 unspecified atom stereocenters. The van der Waals surface area contributed by atoms with Gasteiger partial charge in [-0.3, -0.25) is 14.5 Å². The fourth-order valence-electron chi connectivity index (χ4n) is 2.67. The lowest BCUT2D eigenvalue weighted by molar-refractivity contribution is 0.0949. The molecule has 2 N–H and O–H groups in total. The zero-order valence-corrected chi connectivity index (χ0v) is 17.1. The smallest absolute Gasteiger partial charge is 0.251 e. The molecule has 3 rings (SSSR count). The van der Waals surface area contributed by atoms with Crippen molar-refractivity contribution in [3.63, 3.8) is 0 Å². The van der Waals surface area contributed by atoms with Crippen LogP contribution in [0.1, 0.15) is 48.9 Å². The minimum atomic E-state index is -0.276. The molecule has 2 aromatic rings. The number of carbonyl (C=O) groups is 1. The fraction of sp³-hybridized carbons (Fsp3) is 0.500. The van der Waals surface area contributed by atoms with Crippen LogP contribution in [-0.2, 0) is 6.54 Å². The van der Waals surface area contributed by atoms with Crippen molar-refractivity contribution in [2.75, 3.05) is 13.7 Å². The van der Waals surface area contributed by atoms with E-state index in [4.69, 9.17) is 33.3 Å². The van der Waals surface area contributed by atoms with Gasteiger partial charge in [0.05, 0.1) is 25.3 Å². The first-order valence-electron chi connectivity index (χ1n) is 8.85. The van der Waals surface area contributed by atoms with Crippen molar-refractivity contribution in [3.8, 4) is 11.5 Å². The van der Waals surface area contributed by atoms with E-state index in [1.165, 1.54) is 7.11 Å². The van der Waals surface area contributed by atoms with Crippen molar-refractivity contribution in [3.05, 3.63) is 33.3 Å². The van der Waals surface area contributed by atoms with Crippen molar-refractivity contribution < 1.29 is 14.3 Å². The van der Waals surface area contributed by atoms with Gasteiger partial charge in [0.15, 0.2) is 22.1 Å². The topological polar surface area (TPSA) is 81.2 Å². The third kappa shape index (κ3) is 4.62. The monoisotopic (exact) mass is 410 g/mol. The Bertz CT molecular complexity index is 889. The van der Waals surface area contributed by atoms with Crippen LogP contribution in [0.5, 0.6) is 11.5 Å². The Balaban J connectivity index is 1.73. The van der Waals surface area contributed by atoms with Crippen molar-refractivity contribution in [2.45, 2.75) is 39.3 Å². The molecule has 0 atom stereocenters. The molecule has 1 heterocycles. The molecule has 0 bridgehead atoms. The number of hydrogen-bond acceptors (Lipinski definition) is 5. The summed E-state index contributed by atoms with van der Waals surface area (Å²) < 4.78 is 13.6. The van der Waals surface area contributed by atoms with Gasteiger partial charge in [-0.2, -0.15) is 5.10 Å². The molecule has 0 radical (unpaired) electrons. The molecule has 1 fully saturated rings. The van der Waals surface area contributed by atoms with E-state index in [9.17, 15) is 4.79 Å².